The first kappa shape index (κ1) is 13.6. The number of amides is 1. The molecule has 4 heteroatoms. The molecule has 1 aromatic carbocycles. The molecule has 4 nitrogen and oxygen atoms in total. The number of rotatable bonds is 4. The van der Waals surface area contributed by atoms with Crippen LogP contribution in [0.25, 0.3) is 0 Å². The number of aryl methyl sites for hydroxylation is 1. The van der Waals surface area contributed by atoms with Crippen LogP contribution in [0.15, 0.2) is 24.3 Å². The van der Waals surface area contributed by atoms with Gasteiger partial charge in [0.25, 0.3) is 0 Å². The second-order valence-electron chi connectivity index (χ2n) is 4.73. The maximum absolute atomic E-state index is 12.0. The molecule has 0 aliphatic heterocycles. The summed E-state index contributed by atoms with van der Waals surface area (Å²) in [6, 6.07) is 8.21. The number of hydrogen-bond donors (Lipinski definition) is 1. The molecule has 0 fully saturated rings. The van der Waals surface area contributed by atoms with Gasteiger partial charge in [0.1, 0.15) is 6.54 Å². The lowest BCUT2D eigenvalue weighted by Crippen LogP contribution is -2.37. The summed E-state index contributed by atoms with van der Waals surface area (Å²) in [7, 11) is 0. The van der Waals surface area contributed by atoms with Gasteiger partial charge in [0.05, 0.1) is 6.61 Å². The van der Waals surface area contributed by atoms with Crippen molar-refractivity contribution in [3.05, 3.63) is 35.4 Å². The number of esters is 1. The van der Waals surface area contributed by atoms with E-state index in [-0.39, 0.29) is 24.3 Å². The predicted molar refractivity (Wildman–Crippen MR) is 71.6 cm³/mol. The number of carbonyl (C=O) groups excluding carboxylic acids is 2. The summed E-state index contributed by atoms with van der Waals surface area (Å²) in [5.74, 6) is -0.473. The average molecular weight is 261 g/mol. The zero-order chi connectivity index (χ0) is 13.7. The highest BCUT2D eigenvalue weighted by Crippen LogP contribution is 2.25. The van der Waals surface area contributed by atoms with E-state index >= 15 is 0 Å². The Labute approximate surface area is 113 Å². The first-order valence-corrected chi connectivity index (χ1v) is 6.70. The molecule has 1 unspecified atom stereocenters. The maximum atomic E-state index is 12.0. The number of fused-ring (bicyclic) bond motifs is 1. The summed E-state index contributed by atoms with van der Waals surface area (Å²) in [4.78, 5) is 23.2. The molecule has 0 spiro atoms. The number of nitrogens with one attached hydrogen (secondary N) is 1. The van der Waals surface area contributed by atoms with E-state index in [1.54, 1.807) is 6.92 Å². The van der Waals surface area contributed by atoms with E-state index in [2.05, 4.69) is 17.4 Å². The number of ether oxygens (including phenoxy) is 1. The third kappa shape index (κ3) is 3.56. The summed E-state index contributed by atoms with van der Waals surface area (Å²) in [5.41, 5.74) is 2.57. The van der Waals surface area contributed by atoms with Gasteiger partial charge >= 0.3 is 5.97 Å². The van der Waals surface area contributed by atoms with Crippen molar-refractivity contribution in [1.82, 2.24) is 5.32 Å². The highest BCUT2D eigenvalue weighted by atomic mass is 16.5. The lowest BCUT2D eigenvalue weighted by molar-refractivity contribution is -0.143. The molecule has 1 aromatic rings. The molecule has 1 amide bonds. The Morgan fingerprint density at radius 1 is 1.32 bits per heavy atom. The van der Waals surface area contributed by atoms with Crippen molar-refractivity contribution in [2.24, 2.45) is 5.92 Å². The first-order valence-electron chi connectivity index (χ1n) is 6.70. The Morgan fingerprint density at radius 2 is 2.05 bits per heavy atom. The van der Waals surface area contributed by atoms with Crippen LogP contribution in [0.1, 0.15) is 24.5 Å². The van der Waals surface area contributed by atoms with Crippen LogP contribution in [-0.2, 0) is 27.2 Å². The molecule has 1 aliphatic carbocycles. The maximum Gasteiger partial charge on any atom is 0.325 e. The van der Waals surface area contributed by atoms with Crippen LogP contribution >= 0.6 is 0 Å². The standard InChI is InChI=1S/C15H19NO3/c1-2-19-14(17)10-16-15(18)13-8-7-11-5-3-4-6-12(11)9-13/h3-6,13H,2,7-10H2,1H3,(H,16,18). The molecule has 1 aliphatic rings. The molecule has 0 bridgehead atoms. The van der Waals surface area contributed by atoms with Gasteiger partial charge in [0.2, 0.25) is 5.91 Å². The molecule has 0 heterocycles. The Morgan fingerprint density at radius 3 is 2.79 bits per heavy atom. The van der Waals surface area contributed by atoms with Crippen molar-refractivity contribution >= 4 is 11.9 Å². The second-order valence-corrected chi connectivity index (χ2v) is 4.73. The quantitative estimate of drug-likeness (QED) is 0.835. The minimum atomic E-state index is -0.382. The minimum absolute atomic E-state index is 0.0369. The van der Waals surface area contributed by atoms with E-state index in [4.69, 9.17) is 4.74 Å². The van der Waals surface area contributed by atoms with Gasteiger partial charge in [-0.25, -0.2) is 0 Å². The average Bonchev–Trinajstić information content (AvgIpc) is 2.44. The predicted octanol–water partition coefficient (Wildman–Crippen LogP) is 1.47. The SMILES string of the molecule is CCOC(=O)CNC(=O)C1CCc2ccccc2C1. The molecule has 2 rings (SSSR count). The molecule has 1 N–H and O–H groups in total. The van der Waals surface area contributed by atoms with E-state index in [9.17, 15) is 9.59 Å². The van der Waals surface area contributed by atoms with E-state index in [0.717, 1.165) is 19.3 Å². The van der Waals surface area contributed by atoms with Gasteiger partial charge in [-0.2, -0.15) is 0 Å². The van der Waals surface area contributed by atoms with Gasteiger partial charge < -0.3 is 10.1 Å². The van der Waals surface area contributed by atoms with E-state index in [0.29, 0.717) is 6.61 Å². The van der Waals surface area contributed by atoms with E-state index in [1.807, 2.05) is 12.1 Å². The van der Waals surface area contributed by atoms with Gasteiger partial charge in [-0.05, 0) is 37.3 Å². The van der Waals surface area contributed by atoms with Crippen LogP contribution in [0.2, 0.25) is 0 Å². The van der Waals surface area contributed by atoms with Crippen LogP contribution in [0.4, 0.5) is 0 Å². The Balaban J connectivity index is 1.87. The van der Waals surface area contributed by atoms with Crippen molar-refractivity contribution < 1.29 is 14.3 Å². The van der Waals surface area contributed by atoms with Crippen molar-refractivity contribution in [3.63, 3.8) is 0 Å². The Bertz CT molecular complexity index is 470. The van der Waals surface area contributed by atoms with Gasteiger partial charge in [0, 0.05) is 5.92 Å². The lowest BCUT2D eigenvalue weighted by Gasteiger charge is -2.23. The van der Waals surface area contributed by atoms with Crippen molar-refractivity contribution in [1.29, 1.82) is 0 Å². The van der Waals surface area contributed by atoms with E-state index in [1.165, 1.54) is 11.1 Å². The van der Waals surface area contributed by atoms with Crippen LogP contribution in [0, 0.1) is 5.92 Å². The zero-order valence-electron chi connectivity index (χ0n) is 11.1. The largest absolute Gasteiger partial charge is 0.465 e. The smallest absolute Gasteiger partial charge is 0.325 e. The van der Waals surface area contributed by atoms with Crippen molar-refractivity contribution in [2.45, 2.75) is 26.2 Å². The molecule has 102 valence electrons. The fourth-order valence-corrected chi connectivity index (χ4v) is 2.44. The number of hydrogen-bond acceptors (Lipinski definition) is 3. The third-order valence-electron chi connectivity index (χ3n) is 3.43. The summed E-state index contributed by atoms with van der Waals surface area (Å²) >= 11 is 0. The van der Waals surface area contributed by atoms with Gasteiger partial charge in [0.15, 0.2) is 0 Å². The zero-order valence-corrected chi connectivity index (χ0v) is 11.1. The monoisotopic (exact) mass is 261 g/mol. The van der Waals surface area contributed by atoms with E-state index < -0.39 is 0 Å². The summed E-state index contributed by atoms with van der Waals surface area (Å²) in [5, 5.41) is 2.65. The first-order chi connectivity index (χ1) is 9.20. The number of benzene rings is 1. The molecule has 1 atom stereocenters. The van der Waals surface area contributed by atoms with Gasteiger partial charge in [-0.15, -0.1) is 0 Å². The summed E-state index contributed by atoms with van der Waals surface area (Å²) in [6.07, 6.45) is 2.52. The Hall–Kier alpha value is -1.84. The third-order valence-corrected chi connectivity index (χ3v) is 3.43. The lowest BCUT2D eigenvalue weighted by atomic mass is 9.83. The van der Waals surface area contributed by atoms with Crippen molar-refractivity contribution in [3.8, 4) is 0 Å². The van der Waals surface area contributed by atoms with Crippen LogP contribution < -0.4 is 5.32 Å². The van der Waals surface area contributed by atoms with Crippen molar-refractivity contribution in [2.75, 3.05) is 13.2 Å². The summed E-state index contributed by atoms with van der Waals surface area (Å²) in [6.45, 7) is 2.05. The van der Waals surface area contributed by atoms with Crippen LogP contribution in [0.5, 0.6) is 0 Å². The highest BCUT2D eigenvalue weighted by molar-refractivity contribution is 5.83. The molecule has 0 aromatic heterocycles. The number of carbonyl (C=O) groups is 2. The molecule has 19 heavy (non-hydrogen) atoms. The van der Waals surface area contributed by atoms with Gasteiger partial charge in [-0.3, -0.25) is 9.59 Å². The minimum Gasteiger partial charge on any atom is -0.465 e. The molecule has 0 saturated carbocycles. The fraction of sp³-hybridized carbons (Fsp3) is 0.467. The van der Waals surface area contributed by atoms with Crippen LogP contribution in [0.3, 0.4) is 0 Å². The highest BCUT2D eigenvalue weighted by Gasteiger charge is 2.24. The fourth-order valence-electron chi connectivity index (χ4n) is 2.44. The Kier molecular flexibility index (Phi) is 4.55. The molecule has 0 saturated heterocycles. The topological polar surface area (TPSA) is 55.4 Å². The normalized spacial score (nSPS) is 17.4. The molecular weight excluding hydrogens is 242 g/mol. The molecular formula is C15H19NO3. The van der Waals surface area contributed by atoms with Gasteiger partial charge in [-0.1, -0.05) is 24.3 Å². The summed E-state index contributed by atoms with van der Waals surface area (Å²) < 4.78 is 4.78. The van der Waals surface area contributed by atoms with Crippen LogP contribution in [-0.4, -0.2) is 25.0 Å². The second kappa shape index (κ2) is 6.36. The molecule has 0 radical (unpaired) electrons.